The Labute approximate surface area is 114 Å². The van der Waals surface area contributed by atoms with Crippen molar-refractivity contribution in [2.75, 3.05) is 19.6 Å². The highest BCUT2D eigenvalue weighted by Gasteiger charge is 2.33. The number of benzene rings is 1. The van der Waals surface area contributed by atoms with Crippen LogP contribution in [-0.4, -0.2) is 42.5 Å². The van der Waals surface area contributed by atoms with Gasteiger partial charge in [-0.3, -0.25) is 9.69 Å². The highest BCUT2D eigenvalue weighted by molar-refractivity contribution is 5.95. The fourth-order valence-electron chi connectivity index (χ4n) is 3.11. The minimum atomic E-state index is 0.261. The van der Waals surface area contributed by atoms with Gasteiger partial charge in [0.15, 0.2) is 5.78 Å². The summed E-state index contributed by atoms with van der Waals surface area (Å²) < 4.78 is 5.82. The first-order valence-electron chi connectivity index (χ1n) is 7.27. The Morgan fingerprint density at radius 2 is 1.84 bits per heavy atom. The normalized spacial score (nSPS) is 26.5. The zero-order chi connectivity index (χ0) is 13.1. The van der Waals surface area contributed by atoms with Gasteiger partial charge < -0.3 is 4.74 Å². The van der Waals surface area contributed by atoms with E-state index >= 15 is 0 Å². The summed E-state index contributed by atoms with van der Waals surface area (Å²) in [4.78, 5) is 14.4. The average molecular weight is 259 g/mol. The fourth-order valence-corrected chi connectivity index (χ4v) is 3.11. The van der Waals surface area contributed by atoms with Crippen LogP contribution in [0.2, 0.25) is 0 Å². The zero-order valence-corrected chi connectivity index (χ0v) is 11.3. The largest absolute Gasteiger partial charge is 0.372 e. The first-order chi connectivity index (χ1) is 9.31. The molecule has 102 valence electrons. The molecule has 0 saturated carbocycles. The van der Waals surface area contributed by atoms with E-state index in [1.807, 2.05) is 30.3 Å². The van der Waals surface area contributed by atoms with Crippen LogP contribution in [-0.2, 0) is 4.74 Å². The first kappa shape index (κ1) is 12.8. The molecule has 19 heavy (non-hydrogen) atoms. The van der Waals surface area contributed by atoms with Gasteiger partial charge in [-0.25, -0.2) is 0 Å². The Morgan fingerprint density at radius 3 is 2.53 bits per heavy atom. The summed E-state index contributed by atoms with van der Waals surface area (Å²) in [6, 6.07) is 9.59. The second-order valence-corrected chi connectivity index (χ2v) is 5.61. The average Bonchev–Trinajstić information content (AvgIpc) is 2.79. The SMILES string of the molecule is O=C(CCCN1CC2CCC(C1)O2)c1ccccc1. The van der Waals surface area contributed by atoms with E-state index in [4.69, 9.17) is 4.74 Å². The number of fused-ring (bicyclic) bond motifs is 2. The van der Waals surface area contributed by atoms with Crippen molar-refractivity contribution in [2.24, 2.45) is 0 Å². The number of ether oxygens (including phenoxy) is 1. The van der Waals surface area contributed by atoms with Gasteiger partial charge in [0.25, 0.3) is 0 Å². The third-order valence-electron chi connectivity index (χ3n) is 4.09. The molecule has 2 unspecified atom stereocenters. The number of hydrogen-bond donors (Lipinski definition) is 0. The Bertz CT molecular complexity index is 420. The zero-order valence-electron chi connectivity index (χ0n) is 11.3. The van der Waals surface area contributed by atoms with E-state index in [9.17, 15) is 4.79 Å². The van der Waals surface area contributed by atoms with Gasteiger partial charge in [0, 0.05) is 25.1 Å². The lowest BCUT2D eigenvalue weighted by atomic mass is 10.1. The second-order valence-electron chi connectivity index (χ2n) is 5.61. The van der Waals surface area contributed by atoms with Crippen LogP contribution in [0.25, 0.3) is 0 Å². The van der Waals surface area contributed by atoms with Crippen LogP contribution in [0.5, 0.6) is 0 Å². The summed E-state index contributed by atoms with van der Waals surface area (Å²) in [6.07, 6.45) is 4.92. The van der Waals surface area contributed by atoms with Gasteiger partial charge in [-0.05, 0) is 25.8 Å². The Hall–Kier alpha value is -1.19. The third-order valence-corrected chi connectivity index (χ3v) is 4.09. The lowest BCUT2D eigenvalue weighted by Gasteiger charge is -2.31. The predicted octanol–water partition coefficient (Wildman–Crippen LogP) is 2.51. The van der Waals surface area contributed by atoms with E-state index < -0.39 is 0 Å². The number of nitrogens with zero attached hydrogens (tertiary/aromatic N) is 1. The van der Waals surface area contributed by atoms with Crippen LogP contribution in [0.3, 0.4) is 0 Å². The number of hydrogen-bond acceptors (Lipinski definition) is 3. The maximum Gasteiger partial charge on any atom is 0.162 e. The molecule has 3 heteroatoms. The van der Waals surface area contributed by atoms with Gasteiger partial charge >= 0.3 is 0 Å². The number of morpholine rings is 1. The second kappa shape index (κ2) is 5.85. The van der Waals surface area contributed by atoms with E-state index in [0.717, 1.165) is 31.6 Å². The molecule has 2 aliphatic heterocycles. The van der Waals surface area contributed by atoms with Crippen molar-refractivity contribution in [1.82, 2.24) is 4.90 Å². The molecule has 2 saturated heterocycles. The van der Waals surface area contributed by atoms with Gasteiger partial charge in [0.05, 0.1) is 12.2 Å². The number of rotatable bonds is 5. The maximum atomic E-state index is 12.0. The number of carbonyl (C=O) groups is 1. The van der Waals surface area contributed by atoms with Gasteiger partial charge in [0.1, 0.15) is 0 Å². The molecule has 2 heterocycles. The molecule has 0 aromatic heterocycles. The van der Waals surface area contributed by atoms with Crippen molar-refractivity contribution < 1.29 is 9.53 Å². The molecule has 2 bridgehead atoms. The van der Waals surface area contributed by atoms with Crippen LogP contribution in [0.1, 0.15) is 36.0 Å². The molecule has 1 aromatic carbocycles. The minimum absolute atomic E-state index is 0.261. The quantitative estimate of drug-likeness (QED) is 0.761. The van der Waals surface area contributed by atoms with E-state index in [1.165, 1.54) is 12.8 Å². The summed E-state index contributed by atoms with van der Waals surface area (Å²) in [5.41, 5.74) is 0.838. The maximum absolute atomic E-state index is 12.0. The number of carbonyl (C=O) groups excluding carboxylic acids is 1. The van der Waals surface area contributed by atoms with Gasteiger partial charge in [-0.15, -0.1) is 0 Å². The smallest absolute Gasteiger partial charge is 0.162 e. The summed E-state index contributed by atoms with van der Waals surface area (Å²) in [6.45, 7) is 3.13. The molecule has 2 fully saturated rings. The molecule has 0 amide bonds. The van der Waals surface area contributed by atoms with Gasteiger partial charge in [0.2, 0.25) is 0 Å². The van der Waals surface area contributed by atoms with Crippen LogP contribution in [0.4, 0.5) is 0 Å². The van der Waals surface area contributed by atoms with Crippen LogP contribution in [0.15, 0.2) is 30.3 Å². The monoisotopic (exact) mass is 259 g/mol. The molecular weight excluding hydrogens is 238 g/mol. The first-order valence-corrected chi connectivity index (χ1v) is 7.27. The van der Waals surface area contributed by atoms with Crippen molar-refractivity contribution in [3.05, 3.63) is 35.9 Å². The standard InChI is InChI=1S/C16H21NO2/c18-16(13-5-2-1-3-6-13)7-4-10-17-11-14-8-9-15(12-17)19-14/h1-3,5-6,14-15H,4,7-12H2. The highest BCUT2D eigenvalue weighted by Crippen LogP contribution is 2.26. The Morgan fingerprint density at radius 1 is 1.16 bits per heavy atom. The third kappa shape index (κ3) is 3.23. The van der Waals surface area contributed by atoms with Crippen molar-refractivity contribution in [3.8, 4) is 0 Å². The summed E-state index contributed by atoms with van der Waals surface area (Å²) in [5, 5.41) is 0. The van der Waals surface area contributed by atoms with Crippen LogP contribution >= 0.6 is 0 Å². The summed E-state index contributed by atoms with van der Waals surface area (Å²) in [7, 11) is 0. The molecule has 0 aliphatic carbocycles. The van der Waals surface area contributed by atoms with Crippen LogP contribution < -0.4 is 0 Å². The molecule has 3 nitrogen and oxygen atoms in total. The van der Waals surface area contributed by atoms with Gasteiger partial charge in [-0.2, -0.15) is 0 Å². The summed E-state index contributed by atoms with van der Waals surface area (Å²) >= 11 is 0. The van der Waals surface area contributed by atoms with E-state index in [-0.39, 0.29) is 5.78 Å². The van der Waals surface area contributed by atoms with Crippen molar-refractivity contribution in [1.29, 1.82) is 0 Å². The Balaban J connectivity index is 1.42. The van der Waals surface area contributed by atoms with Crippen molar-refractivity contribution in [2.45, 2.75) is 37.9 Å². The fraction of sp³-hybridized carbons (Fsp3) is 0.562. The van der Waals surface area contributed by atoms with Crippen molar-refractivity contribution in [3.63, 3.8) is 0 Å². The molecule has 2 aliphatic rings. The lowest BCUT2D eigenvalue weighted by molar-refractivity contribution is -0.0383. The van der Waals surface area contributed by atoms with E-state index in [2.05, 4.69) is 4.90 Å². The Kier molecular flexibility index (Phi) is 3.95. The lowest BCUT2D eigenvalue weighted by Crippen LogP contribution is -2.42. The molecular formula is C16H21NO2. The molecule has 0 N–H and O–H groups in total. The number of likely N-dealkylation sites (tertiary alicyclic amines) is 1. The number of ketones is 1. The summed E-state index contributed by atoms with van der Waals surface area (Å²) in [5.74, 6) is 0.261. The predicted molar refractivity (Wildman–Crippen MR) is 74.3 cm³/mol. The molecule has 0 radical (unpaired) electrons. The van der Waals surface area contributed by atoms with E-state index in [1.54, 1.807) is 0 Å². The number of Topliss-reactive ketones (excluding diaryl/α,β-unsaturated/α-hetero) is 1. The molecule has 3 rings (SSSR count). The van der Waals surface area contributed by atoms with E-state index in [0.29, 0.717) is 18.6 Å². The minimum Gasteiger partial charge on any atom is -0.372 e. The highest BCUT2D eigenvalue weighted by atomic mass is 16.5. The topological polar surface area (TPSA) is 29.5 Å². The molecule has 1 aromatic rings. The van der Waals surface area contributed by atoms with Gasteiger partial charge in [-0.1, -0.05) is 30.3 Å². The molecule has 2 atom stereocenters. The van der Waals surface area contributed by atoms with Crippen LogP contribution in [0, 0.1) is 0 Å². The molecule has 0 spiro atoms. The van der Waals surface area contributed by atoms with Crippen molar-refractivity contribution >= 4 is 5.78 Å².